The average molecular weight is 301 g/mol. The average Bonchev–Trinajstić information content (AvgIpc) is 2.48. The minimum Gasteiger partial charge on any atom is -0.462 e. The third-order valence-corrected chi connectivity index (χ3v) is 4.05. The summed E-state index contributed by atoms with van der Waals surface area (Å²) in [5.41, 5.74) is 1.76. The van der Waals surface area contributed by atoms with Gasteiger partial charge in [0.15, 0.2) is 0 Å². The molecule has 0 heterocycles. The number of rotatable bonds is 5. The van der Waals surface area contributed by atoms with Crippen LogP contribution >= 0.6 is 11.8 Å². The molecule has 2 rings (SSSR count). The summed E-state index contributed by atoms with van der Waals surface area (Å²) in [6.45, 7) is 2.20. The van der Waals surface area contributed by atoms with E-state index in [-0.39, 0.29) is 5.97 Å². The van der Waals surface area contributed by atoms with Crippen molar-refractivity contribution in [3.8, 4) is 0 Å². The molecule has 21 heavy (non-hydrogen) atoms. The Balaban J connectivity index is 2.21. The van der Waals surface area contributed by atoms with Gasteiger partial charge in [-0.3, -0.25) is 0 Å². The first-order chi connectivity index (χ1) is 10.1. The molecule has 0 aliphatic carbocycles. The Bertz CT molecular complexity index is 608. The number of hydrogen-bond acceptors (Lipinski definition) is 4. The summed E-state index contributed by atoms with van der Waals surface area (Å²) in [4.78, 5) is 16.0. The van der Waals surface area contributed by atoms with Crippen molar-refractivity contribution in [2.24, 2.45) is 0 Å². The molecule has 0 amide bonds. The third-order valence-electron chi connectivity index (χ3n) is 2.96. The second-order valence-electron chi connectivity index (χ2n) is 4.71. The smallest absolute Gasteiger partial charge is 0.339 e. The zero-order valence-corrected chi connectivity index (χ0v) is 13.3. The second-order valence-corrected chi connectivity index (χ2v) is 5.82. The summed E-state index contributed by atoms with van der Waals surface area (Å²) in [6, 6.07) is 15.8. The van der Waals surface area contributed by atoms with Crippen LogP contribution in [0.2, 0.25) is 0 Å². The van der Waals surface area contributed by atoms with Crippen molar-refractivity contribution in [2.75, 3.05) is 25.6 Å². The van der Waals surface area contributed by atoms with Crippen LogP contribution in [0.15, 0.2) is 58.3 Å². The van der Waals surface area contributed by atoms with Gasteiger partial charge in [-0.2, -0.15) is 0 Å². The van der Waals surface area contributed by atoms with Crippen LogP contribution < -0.4 is 4.90 Å². The van der Waals surface area contributed by atoms with Gasteiger partial charge in [0.05, 0.1) is 12.2 Å². The zero-order chi connectivity index (χ0) is 15.2. The molecule has 0 unspecified atom stereocenters. The maximum Gasteiger partial charge on any atom is 0.339 e. The van der Waals surface area contributed by atoms with Crippen LogP contribution in [0.25, 0.3) is 0 Å². The molecule has 0 saturated heterocycles. The highest BCUT2D eigenvalue weighted by molar-refractivity contribution is 7.99. The molecule has 0 saturated carbocycles. The summed E-state index contributed by atoms with van der Waals surface area (Å²) in [5, 5.41) is 0. The van der Waals surface area contributed by atoms with Crippen LogP contribution in [0.5, 0.6) is 0 Å². The Kier molecular flexibility index (Phi) is 5.28. The van der Waals surface area contributed by atoms with E-state index >= 15 is 0 Å². The molecule has 4 heteroatoms. The van der Waals surface area contributed by atoms with Gasteiger partial charge in [0, 0.05) is 29.6 Å². The number of benzene rings is 2. The molecule has 0 aromatic heterocycles. The Labute approximate surface area is 129 Å². The maximum atomic E-state index is 12.0. The van der Waals surface area contributed by atoms with Gasteiger partial charge in [-0.1, -0.05) is 23.9 Å². The van der Waals surface area contributed by atoms with E-state index in [1.807, 2.05) is 39.2 Å². The largest absolute Gasteiger partial charge is 0.462 e. The third kappa shape index (κ3) is 4.02. The SMILES string of the molecule is CCOC(=O)c1ccccc1Sc1ccc(N(C)C)cc1. The first-order valence-corrected chi connectivity index (χ1v) is 7.65. The van der Waals surface area contributed by atoms with Crippen molar-refractivity contribution in [3.63, 3.8) is 0 Å². The van der Waals surface area contributed by atoms with Crippen LogP contribution in [-0.4, -0.2) is 26.7 Å². The normalized spacial score (nSPS) is 10.2. The topological polar surface area (TPSA) is 29.5 Å². The van der Waals surface area contributed by atoms with E-state index in [0.717, 1.165) is 15.5 Å². The minimum atomic E-state index is -0.273. The summed E-state index contributed by atoms with van der Waals surface area (Å²) in [5.74, 6) is -0.273. The van der Waals surface area contributed by atoms with Crippen molar-refractivity contribution in [3.05, 3.63) is 54.1 Å². The van der Waals surface area contributed by atoms with Crippen molar-refractivity contribution < 1.29 is 9.53 Å². The summed E-state index contributed by atoms with van der Waals surface area (Å²) in [7, 11) is 4.02. The van der Waals surface area contributed by atoms with Crippen LogP contribution in [0.1, 0.15) is 17.3 Å². The molecular weight excluding hydrogens is 282 g/mol. The van der Waals surface area contributed by atoms with Crippen LogP contribution in [0.3, 0.4) is 0 Å². The fourth-order valence-electron chi connectivity index (χ4n) is 1.87. The highest BCUT2D eigenvalue weighted by atomic mass is 32.2. The van der Waals surface area contributed by atoms with Gasteiger partial charge >= 0.3 is 5.97 Å². The molecule has 110 valence electrons. The molecule has 3 nitrogen and oxygen atoms in total. The highest BCUT2D eigenvalue weighted by Crippen LogP contribution is 2.31. The number of carbonyl (C=O) groups is 1. The predicted molar refractivity (Wildman–Crippen MR) is 87.3 cm³/mol. The molecule has 0 aliphatic heterocycles. The first kappa shape index (κ1) is 15.4. The summed E-state index contributed by atoms with van der Waals surface area (Å²) >= 11 is 1.57. The monoisotopic (exact) mass is 301 g/mol. The molecule has 0 aliphatic rings. The van der Waals surface area contributed by atoms with E-state index in [1.165, 1.54) is 0 Å². The lowest BCUT2D eigenvalue weighted by atomic mass is 10.2. The highest BCUT2D eigenvalue weighted by Gasteiger charge is 2.12. The van der Waals surface area contributed by atoms with Gasteiger partial charge in [-0.25, -0.2) is 4.79 Å². The quantitative estimate of drug-likeness (QED) is 0.778. The van der Waals surface area contributed by atoms with Crippen molar-refractivity contribution >= 4 is 23.4 Å². The fourth-order valence-corrected chi connectivity index (χ4v) is 2.81. The molecule has 0 spiro atoms. The lowest BCUT2D eigenvalue weighted by Crippen LogP contribution is -2.08. The Hall–Kier alpha value is -1.94. The molecular formula is C17H19NO2S. The van der Waals surface area contributed by atoms with Gasteiger partial charge in [-0.15, -0.1) is 0 Å². The zero-order valence-electron chi connectivity index (χ0n) is 12.5. The van der Waals surface area contributed by atoms with Gasteiger partial charge in [-0.05, 0) is 43.3 Å². The lowest BCUT2D eigenvalue weighted by molar-refractivity contribution is 0.0522. The molecule has 2 aromatic rings. The summed E-state index contributed by atoms with van der Waals surface area (Å²) in [6.07, 6.45) is 0. The number of ether oxygens (including phenoxy) is 1. The molecule has 0 atom stereocenters. The minimum absolute atomic E-state index is 0.273. The standard InChI is InChI=1S/C17H19NO2S/c1-4-20-17(19)15-7-5-6-8-16(15)21-14-11-9-13(10-12-14)18(2)3/h5-12H,4H2,1-3H3. The molecule has 0 bridgehead atoms. The van der Waals surface area contributed by atoms with Gasteiger partial charge in [0.25, 0.3) is 0 Å². The Morgan fingerprint density at radius 2 is 1.76 bits per heavy atom. The number of nitrogens with zero attached hydrogens (tertiary/aromatic N) is 1. The maximum absolute atomic E-state index is 12.0. The molecule has 2 aromatic carbocycles. The van der Waals surface area contributed by atoms with Crippen LogP contribution in [-0.2, 0) is 4.74 Å². The van der Waals surface area contributed by atoms with Crippen molar-refractivity contribution in [1.29, 1.82) is 0 Å². The Morgan fingerprint density at radius 1 is 1.10 bits per heavy atom. The predicted octanol–water partition coefficient (Wildman–Crippen LogP) is 4.08. The first-order valence-electron chi connectivity index (χ1n) is 6.83. The summed E-state index contributed by atoms with van der Waals surface area (Å²) < 4.78 is 5.10. The number of hydrogen-bond donors (Lipinski definition) is 0. The van der Waals surface area contributed by atoms with Gasteiger partial charge < -0.3 is 9.64 Å². The second kappa shape index (κ2) is 7.18. The van der Waals surface area contributed by atoms with E-state index in [1.54, 1.807) is 17.8 Å². The van der Waals surface area contributed by atoms with Crippen molar-refractivity contribution in [2.45, 2.75) is 16.7 Å². The molecule has 0 N–H and O–H groups in total. The van der Waals surface area contributed by atoms with E-state index in [0.29, 0.717) is 12.2 Å². The number of anilines is 1. The van der Waals surface area contributed by atoms with Gasteiger partial charge in [0.1, 0.15) is 0 Å². The van der Waals surface area contributed by atoms with E-state index in [4.69, 9.17) is 4.74 Å². The van der Waals surface area contributed by atoms with Crippen molar-refractivity contribution in [1.82, 2.24) is 0 Å². The number of carbonyl (C=O) groups excluding carboxylic acids is 1. The Morgan fingerprint density at radius 3 is 2.38 bits per heavy atom. The fraction of sp³-hybridized carbons (Fsp3) is 0.235. The molecule has 0 radical (unpaired) electrons. The lowest BCUT2D eigenvalue weighted by Gasteiger charge is -2.13. The van der Waals surface area contributed by atoms with E-state index in [2.05, 4.69) is 29.2 Å². The van der Waals surface area contributed by atoms with E-state index in [9.17, 15) is 4.79 Å². The number of esters is 1. The van der Waals surface area contributed by atoms with E-state index < -0.39 is 0 Å². The van der Waals surface area contributed by atoms with Gasteiger partial charge in [0.2, 0.25) is 0 Å². The molecule has 0 fully saturated rings. The van der Waals surface area contributed by atoms with Crippen LogP contribution in [0.4, 0.5) is 5.69 Å². The van der Waals surface area contributed by atoms with Crippen LogP contribution in [0, 0.1) is 0 Å².